The Bertz CT molecular complexity index is 588. The lowest BCUT2D eigenvalue weighted by Crippen LogP contribution is -2.28. The molecule has 0 aliphatic heterocycles. The van der Waals surface area contributed by atoms with Gasteiger partial charge >= 0.3 is 0 Å². The first-order chi connectivity index (χ1) is 9.37. The number of nitrogens with zero attached hydrogens (tertiary/aromatic N) is 2. The van der Waals surface area contributed by atoms with Crippen molar-refractivity contribution in [2.75, 3.05) is 7.11 Å². The molecule has 1 unspecified atom stereocenters. The number of methoxy groups -OCH3 is 1. The lowest BCUT2D eigenvalue weighted by Gasteiger charge is -2.27. The molecule has 0 saturated heterocycles. The number of hydrogen-bond acceptors (Lipinski definition) is 3. The highest BCUT2D eigenvalue weighted by atomic mass is 127. The number of aromatic nitrogens is 2. The molecule has 2 rings (SSSR count). The summed E-state index contributed by atoms with van der Waals surface area (Å²) < 4.78 is 8.30. The topological polar surface area (TPSA) is 47.3 Å². The predicted molar refractivity (Wildman–Crippen MR) is 87.0 cm³/mol. The third kappa shape index (κ3) is 2.69. The van der Waals surface area contributed by atoms with Gasteiger partial charge in [0, 0.05) is 9.61 Å². The van der Waals surface area contributed by atoms with E-state index in [1.54, 1.807) is 24.9 Å². The Balaban J connectivity index is 2.58. The third-order valence-corrected chi connectivity index (χ3v) is 4.06. The summed E-state index contributed by atoms with van der Waals surface area (Å²) >= 11 is 2.25. The van der Waals surface area contributed by atoms with Crippen LogP contribution in [0, 0.1) is 3.57 Å². The fourth-order valence-electron chi connectivity index (χ4n) is 2.26. The monoisotopic (exact) mass is 386 g/mol. The molecule has 0 spiro atoms. The van der Waals surface area contributed by atoms with Crippen LogP contribution in [0.15, 0.2) is 30.5 Å². The Morgan fingerprint density at radius 1 is 1.30 bits per heavy atom. The molecule has 20 heavy (non-hydrogen) atoms. The Labute approximate surface area is 132 Å². The molecular weight excluding hydrogens is 367 g/mol. The van der Waals surface area contributed by atoms with Crippen LogP contribution in [0.3, 0.4) is 0 Å². The van der Waals surface area contributed by atoms with E-state index >= 15 is 0 Å². The van der Waals surface area contributed by atoms with Crippen molar-refractivity contribution < 1.29 is 9.84 Å². The molecule has 4 nitrogen and oxygen atoms in total. The molecular formula is C15H19IN2O2. The van der Waals surface area contributed by atoms with Crippen LogP contribution >= 0.6 is 22.6 Å². The summed E-state index contributed by atoms with van der Waals surface area (Å²) in [6.45, 7) is 5.83. The Kier molecular flexibility index (Phi) is 4.39. The number of rotatable bonds is 4. The molecule has 1 aromatic carbocycles. The summed E-state index contributed by atoms with van der Waals surface area (Å²) in [6, 6.07) is 7.96. The quantitative estimate of drug-likeness (QED) is 0.821. The van der Waals surface area contributed by atoms with E-state index in [2.05, 4.69) is 27.7 Å². The molecule has 0 amide bonds. The van der Waals surface area contributed by atoms with Gasteiger partial charge in [0.2, 0.25) is 0 Å². The van der Waals surface area contributed by atoms with Crippen LogP contribution in [0.4, 0.5) is 0 Å². The first kappa shape index (κ1) is 15.3. The summed E-state index contributed by atoms with van der Waals surface area (Å²) in [4.78, 5) is 0. The zero-order chi connectivity index (χ0) is 14.9. The minimum Gasteiger partial charge on any atom is -0.493 e. The summed E-state index contributed by atoms with van der Waals surface area (Å²) in [5, 5.41) is 15.4. The molecule has 2 aromatic rings. The zero-order valence-electron chi connectivity index (χ0n) is 12.1. The van der Waals surface area contributed by atoms with Gasteiger partial charge in [0.1, 0.15) is 11.3 Å². The van der Waals surface area contributed by atoms with E-state index in [4.69, 9.17) is 4.74 Å². The van der Waals surface area contributed by atoms with E-state index in [9.17, 15) is 5.11 Å². The lowest BCUT2D eigenvalue weighted by atomic mass is 9.91. The second-order valence-corrected chi connectivity index (χ2v) is 6.42. The maximum atomic E-state index is 11.0. The number of ether oxygens (including phenoxy) is 1. The average molecular weight is 386 g/mol. The second kappa shape index (κ2) is 5.73. The van der Waals surface area contributed by atoms with Gasteiger partial charge in [0.25, 0.3) is 0 Å². The highest BCUT2D eigenvalue weighted by Gasteiger charge is 2.34. The van der Waals surface area contributed by atoms with Crippen LogP contribution in [-0.2, 0) is 5.60 Å². The second-order valence-electron chi connectivity index (χ2n) is 5.18. The SMILES string of the molecule is COc1cnn(C(C)C)c1C(C)(O)c1ccc(I)cc1. The van der Waals surface area contributed by atoms with Gasteiger partial charge in [-0.1, -0.05) is 12.1 Å². The van der Waals surface area contributed by atoms with Gasteiger partial charge < -0.3 is 9.84 Å². The van der Waals surface area contributed by atoms with Crippen LogP contribution in [0.1, 0.15) is 38.1 Å². The smallest absolute Gasteiger partial charge is 0.163 e. The van der Waals surface area contributed by atoms with Gasteiger partial charge in [-0.2, -0.15) is 5.10 Å². The Morgan fingerprint density at radius 3 is 2.40 bits per heavy atom. The standard InChI is InChI=1S/C15H19IN2O2/c1-10(2)18-14(13(20-4)9-17-18)15(3,19)11-5-7-12(16)8-6-11/h5-10,19H,1-4H3. The predicted octanol–water partition coefficient (Wildman–Crippen LogP) is 3.33. The molecule has 1 atom stereocenters. The summed E-state index contributed by atoms with van der Waals surface area (Å²) in [7, 11) is 1.59. The fourth-order valence-corrected chi connectivity index (χ4v) is 2.62. The normalized spacial score (nSPS) is 14.3. The van der Waals surface area contributed by atoms with Gasteiger partial charge in [-0.15, -0.1) is 0 Å². The average Bonchev–Trinajstić information content (AvgIpc) is 2.84. The van der Waals surface area contributed by atoms with Crippen LogP contribution in [-0.4, -0.2) is 22.0 Å². The largest absolute Gasteiger partial charge is 0.493 e. The van der Waals surface area contributed by atoms with E-state index in [0.717, 1.165) is 9.13 Å². The molecule has 0 bridgehead atoms. The van der Waals surface area contributed by atoms with Crippen molar-refractivity contribution in [1.29, 1.82) is 0 Å². The summed E-state index contributed by atoms with van der Waals surface area (Å²) in [5.74, 6) is 0.599. The molecule has 1 aromatic heterocycles. The molecule has 0 radical (unpaired) electrons. The van der Waals surface area contributed by atoms with Crippen molar-refractivity contribution in [2.24, 2.45) is 0 Å². The van der Waals surface area contributed by atoms with Gasteiger partial charge in [-0.05, 0) is 61.1 Å². The zero-order valence-corrected chi connectivity index (χ0v) is 14.2. The highest BCUT2D eigenvalue weighted by molar-refractivity contribution is 14.1. The highest BCUT2D eigenvalue weighted by Crippen LogP contribution is 2.36. The number of aliphatic hydroxyl groups is 1. The lowest BCUT2D eigenvalue weighted by molar-refractivity contribution is 0.0868. The fraction of sp³-hybridized carbons (Fsp3) is 0.400. The van der Waals surface area contributed by atoms with Gasteiger partial charge in [0.15, 0.2) is 5.75 Å². The van der Waals surface area contributed by atoms with Gasteiger partial charge in [-0.25, -0.2) is 0 Å². The minimum absolute atomic E-state index is 0.143. The van der Waals surface area contributed by atoms with Crippen molar-refractivity contribution in [1.82, 2.24) is 9.78 Å². The van der Waals surface area contributed by atoms with Crippen molar-refractivity contribution in [3.8, 4) is 5.75 Å². The molecule has 0 aliphatic carbocycles. The molecule has 1 N–H and O–H groups in total. The maximum absolute atomic E-state index is 11.0. The van der Waals surface area contributed by atoms with Crippen molar-refractivity contribution in [3.63, 3.8) is 0 Å². The molecule has 0 saturated carbocycles. The molecule has 0 aliphatic rings. The van der Waals surface area contributed by atoms with Crippen LogP contribution in [0.25, 0.3) is 0 Å². The first-order valence-corrected chi connectivity index (χ1v) is 7.56. The van der Waals surface area contributed by atoms with E-state index in [0.29, 0.717) is 11.4 Å². The maximum Gasteiger partial charge on any atom is 0.163 e. The van der Waals surface area contributed by atoms with Crippen LogP contribution < -0.4 is 4.74 Å². The van der Waals surface area contributed by atoms with E-state index in [1.165, 1.54) is 0 Å². The van der Waals surface area contributed by atoms with E-state index < -0.39 is 5.60 Å². The third-order valence-electron chi connectivity index (χ3n) is 3.34. The first-order valence-electron chi connectivity index (χ1n) is 6.48. The van der Waals surface area contributed by atoms with E-state index in [-0.39, 0.29) is 6.04 Å². The molecule has 5 heteroatoms. The summed E-state index contributed by atoms with van der Waals surface area (Å²) in [5.41, 5.74) is 0.339. The molecule has 1 heterocycles. The van der Waals surface area contributed by atoms with Crippen LogP contribution in [0.5, 0.6) is 5.75 Å². The van der Waals surface area contributed by atoms with Crippen molar-refractivity contribution >= 4 is 22.6 Å². The molecule has 0 fully saturated rings. The number of hydrogen-bond donors (Lipinski definition) is 1. The van der Waals surface area contributed by atoms with Crippen molar-refractivity contribution in [2.45, 2.75) is 32.4 Å². The number of halogens is 1. The van der Waals surface area contributed by atoms with Crippen molar-refractivity contribution in [3.05, 3.63) is 45.3 Å². The van der Waals surface area contributed by atoms with Gasteiger partial charge in [-0.3, -0.25) is 4.68 Å². The Hall–Kier alpha value is -1.08. The molecule has 108 valence electrons. The van der Waals surface area contributed by atoms with Gasteiger partial charge in [0.05, 0.1) is 13.3 Å². The minimum atomic E-state index is -1.16. The number of benzene rings is 1. The van der Waals surface area contributed by atoms with Crippen LogP contribution in [0.2, 0.25) is 0 Å². The van der Waals surface area contributed by atoms with E-state index in [1.807, 2.05) is 38.1 Å². The Morgan fingerprint density at radius 2 is 1.90 bits per heavy atom. The summed E-state index contributed by atoms with van der Waals surface area (Å²) in [6.07, 6.45) is 1.65.